The highest BCUT2D eigenvalue weighted by Gasteiger charge is 2.54. The van der Waals surface area contributed by atoms with Gasteiger partial charge >= 0.3 is 0 Å². The molecule has 186 valence electrons. The Kier molecular flexibility index (Phi) is 7.86. The zero-order valence-electron chi connectivity index (χ0n) is 22.4. The van der Waals surface area contributed by atoms with Crippen LogP contribution in [0.15, 0.2) is 72.8 Å². The average Bonchev–Trinajstić information content (AvgIpc) is 3.04. The van der Waals surface area contributed by atoms with Crippen LogP contribution in [0.4, 0.5) is 0 Å². The van der Waals surface area contributed by atoms with Crippen molar-refractivity contribution in [1.29, 1.82) is 0 Å². The number of hydrogen-bond acceptors (Lipinski definition) is 3. The van der Waals surface area contributed by atoms with Crippen molar-refractivity contribution in [1.82, 2.24) is 0 Å². The number of aliphatic hydroxyl groups is 1. The zero-order valence-corrected chi connectivity index (χ0v) is 24.4. The minimum atomic E-state index is -2.71. The second-order valence-electron chi connectivity index (χ2n) is 12.3. The molecule has 1 N–H and O–H groups in total. The number of rotatable bonds is 7. The molecule has 1 fully saturated rings. The third-order valence-corrected chi connectivity index (χ3v) is 17.5. The summed E-state index contributed by atoms with van der Waals surface area (Å²) in [7, 11) is -4.72. The predicted octanol–water partition coefficient (Wildman–Crippen LogP) is 5.89. The fraction of sp³-hybridized carbons (Fsp3) is 0.517. The Bertz CT molecular complexity index is 919. The molecule has 1 aliphatic rings. The lowest BCUT2D eigenvalue weighted by Gasteiger charge is -2.45. The van der Waals surface area contributed by atoms with Crippen molar-refractivity contribution in [2.75, 3.05) is 6.61 Å². The van der Waals surface area contributed by atoms with Crippen LogP contribution in [0, 0.1) is 5.92 Å². The highest BCUT2D eigenvalue weighted by molar-refractivity contribution is 6.99. The Morgan fingerprint density at radius 1 is 0.824 bits per heavy atom. The maximum absolute atomic E-state index is 10.3. The summed E-state index contributed by atoms with van der Waals surface area (Å²) < 4.78 is 14.2. The van der Waals surface area contributed by atoms with E-state index in [-0.39, 0.29) is 34.8 Å². The Morgan fingerprint density at radius 2 is 1.29 bits per heavy atom. The molecule has 0 saturated heterocycles. The van der Waals surface area contributed by atoms with Gasteiger partial charge in [0.1, 0.15) is 0 Å². The molecule has 3 rings (SSSR count). The quantitative estimate of drug-likeness (QED) is 0.384. The van der Waals surface area contributed by atoms with E-state index in [9.17, 15) is 5.11 Å². The molecular formula is C29H44O3Si2. The monoisotopic (exact) mass is 496 g/mol. The molecule has 0 aromatic heterocycles. The van der Waals surface area contributed by atoms with Gasteiger partial charge in [0.25, 0.3) is 8.32 Å². The SMILES string of the molecule is C=C1[C@H](O[Si](c2ccccc2)(c2ccccc2)C(C)(C)C)C[C@H](O[Si](C)(C)C(C)(C)C)[C@H]1CO. The van der Waals surface area contributed by atoms with Crippen molar-refractivity contribution in [3.63, 3.8) is 0 Å². The molecule has 0 spiro atoms. The van der Waals surface area contributed by atoms with E-state index in [0.717, 1.165) is 12.0 Å². The number of benzene rings is 2. The third kappa shape index (κ3) is 5.05. The summed E-state index contributed by atoms with van der Waals surface area (Å²) >= 11 is 0. The van der Waals surface area contributed by atoms with E-state index >= 15 is 0 Å². The summed E-state index contributed by atoms with van der Waals surface area (Å²) in [5, 5.41) is 12.9. The lowest BCUT2D eigenvalue weighted by atomic mass is 10.0. The van der Waals surface area contributed by atoms with E-state index in [0.29, 0.717) is 0 Å². The Morgan fingerprint density at radius 3 is 1.68 bits per heavy atom. The maximum Gasteiger partial charge on any atom is 0.261 e. The van der Waals surface area contributed by atoms with Crippen molar-refractivity contribution >= 4 is 27.0 Å². The molecule has 0 amide bonds. The van der Waals surface area contributed by atoms with Gasteiger partial charge in [-0.1, -0.05) is 109 Å². The summed E-state index contributed by atoms with van der Waals surface area (Å²) in [6.07, 6.45) is 0.515. The van der Waals surface area contributed by atoms with E-state index in [1.54, 1.807) is 0 Å². The lowest BCUT2D eigenvalue weighted by Crippen LogP contribution is -2.67. The predicted molar refractivity (Wildman–Crippen MR) is 149 cm³/mol. The van der Waals surface area contributed by atoms with E-state index in [2.05, 4.69) is 122 Å². The van der Waals surface area contributed by atoms with Gasteiger partial charge in [0, 0.05) is 12.3 Å². The molecule has 3 atom stereocenters. The van der Waals surface area contributed by atoms with E-state index < -0.39 is 16.6 Å². The molecule has 0 heterocycles. The smallest absolute Gasteiger partial charge is 0.261 e. The molecule has 2 aromatic carbocycles. The van der Waals surface area contributed by atoms with Crippen molar-refractivity contribution in [3.8, 4) is 0 Å². The molecule has 1 aliphatic carbocycles. The van der Waals surface area contributed by atoms with Gasteiger partial charge in [0.2, 0.25) is 0 Å². The van der Waals surface area contributed by atoms with Crippen LogP contribution >= 0.6 is 0 Å². The van der Waals surface area contributed by atoms with Gasteiger partial charge in [0.15, 0.2) is 8.32 Å². The molecule has 1 saturated carbocycles. The molecule has 0 bridgehead atoms. The Balaban J connectivity index is 2.06. The highest BCUT2D eigenvalue weighted by Crippen LogP contribution is 2.45. The van der Waals surface area contributed by atoms with Gasteiger partial charge in [-0.15, -0.1) is 0 Å². The molecular weight excluding hydrogens is 452 g/mol. The number of hydrogen-bond donors (Lipinski definition) is 1. The Labute approximate surface area is 209 Å². The third-order valence-electron chi connectivity index (χ3n) is 7.97. The van der Waals surface area contributed by atoms with Gasteiger partial charge in [-0.05, 0) is 39.1 Å². The summed E-state index contributed by atoms with van der Waals surface area (Å²) in [6.45, 7) is 22.7. The summed E-state index contributed by atoms with van der Waals surface area (Å²) in [5.41, 5.74) is 0.971. The molecule has 5 heteroatoms. The van der Waals surface area contributed by atoms with Crippen LogP contribution in [-0.2, 0) is 8.85 Å². The largest absolute Gasteiger partial charge is 0.413 e. The van der Waals surface area contributed by atoms with Crippen LogP contribution in [-0.4, -0.2) is 40.6 Å². The zero-order chi connectivity index (χ0) is 25.4. The summed E-state index contributed by atoms with van der Waals surface area (Å²) in [4.78, 5) is 0. The molecule has 0 unspecified atom stereocenters. The van der Waals surface area contributed by atoms with Crippen molar-refractivity contribution in [2.24, 2.45) is 5.92 Å². The van der Waals surface area contributed by atoms with Gasteiger partial charge in [0.05, 0.1) is 18.8 Å². The van der Waals surface area contributed by atoms with Crippen LogP contribution in [0.3, 0.4) is 0 Å². The number of aliphatic hydroxyl groups excluding tert-OH is 1. The first kappa shape index (κ1) is 27.1. The van der Waals surface area contributed by atoms with Crippen LogP contribution in [0.1, 0.15) is 48.0 Å². The maximum atomic E-state index is 10.3. The van der Waals surface area contributed by atoms with Crippen LogP contribution in [0.25, 0.3) is 0 Å². The van der Waals surface area contributed by atoms with E-state index in [1.165, 1.54) is 10.4 Å². The average molecular weight is 497 g/mol. The van der Waals surface area contributed by atoms with Crippen molar-refractivity contribution in [3.05, 3.63) is 72.8 Å². The molecule has 34 heavy (non-hydrogen) atoms. The van der Waals surface area contributed by atoms with Crippen LogP contribution < -0.4 is 10.4 Å². The van der Waals surface area contributed by atoms with Gasteiger partial charge < -0.3 is 14.0 Å². The standard InChI is InChI=1S/C29H44O3Si2/c1-22-25(21-30)27(31-33(8,9)28(2,3)4)20-26(22)32-34(29(5,6)7,23-16-12-10-13-17-23)24-18-14-11-15-19-24/h10-19,25-27,30H,1,20-21H2,2-9H3/t25-,26+,27-/m0/s1. The minimum absolute atomic E-state index is 0.0404. The van der Waals surface area contributed by atoms with Crippen LogP contribution in [0.5, 0.6) is 0 Å². The molecule has 3 nitrogen and oxygen atoms in total. The topological polar surface area (TPSA) is 38.7 Å². The Hall–Kier alpha value is -1.51. The van der Waals surface area contributed by atoms with E-state index in [4.69, 9.17) is 8.85 Å². The minimum Gasteiger partial charge on any atom is -0.413 e. The normalized spacial score (nSPS) is 22.3. The summed E-state index contributed by atoms with van der Waals surface area (Å²) in [5.74, 6) is -0.0997. The second-order valence-corrected chi connectivity index (χ2v) is 21.3. The summed E-state index contributed by atoms with van der Waals surface area (Å²) in [6, 6.07) is 21.4. The lowest BCUT2D eigenvalue weighted by molar-refractivity contribution is 0.103. The van der Waals surface area contributed by atoms with Crippen LogP contribution in [0.2, 0.25) is 23.2 Å². The van der Waals surface area contributed by atoms with Gasteiger partial charge in [-0.25, -0.2) is 0 Å². The highest BCUT2D eigenvalue weighted by atomic mass is 28.4. The second kappa shape index (κ2) is 9.86. The van der Waals surface area contributed by atoms with Gasteiger partial charge in [-0.3, -0.25) is 0 Å². The fourth-order valence-electron chi connectivity index (χ4n) is 4.95. The van der Waals surface area contributed by atoms with E-state index in [1.807, 2.05) is 0 Å². The first-order valence-corrected chi connectivity index (χ1v) is 17.3. The first-order chi connectivity index (χ1) is 15.7. The fourth-order valence-corrected chi connectivity index (χ4v) is 11.0. The first-order valence-electron chi connectivity index (χ1n) is 12.5. The molecule has 0 radical (unpaired) electrons. The van der Waals surface area contributed by atoms with Crippen molar-refractivity contribution < 1.29 is 14.0 Å². The van der Waals surface area contributed by atoms with Gasteiger partial charge in [-0.2, -0.15) is 0 Å². The molecule has 0 aliphatic heterocycles. The van der Waals surface area contributed by atoms with Crippen molar-refractivity contribution in [2.45, 2.75) is 83.3 Å². The molecule has 2 aromatic rings.